The van der Waals surface area contributed by atoms with E-state index >= 15 is 0 Å². The molecule has 1 aromatic carbocycles. The van der Waals surface area contributed by atoms with Gasteiger partial charge in [-0.15, -0.1) is 0 Å². The molecule has 0 aliphatic carbocycles. The molecule has 80 valence electrons. The Morgan fingerprint density at radius 2 is 2.00 bits per heavy atom. The first-order valence-electron chi connectivity index (χ1n) is 5.58. The van der Waals surface area contributed by atoms with E-state index < -0.39 is 0 Å². The monoisotopic (exact) mass is 204 g/mol. The molecule has 0 saturated carbocycles. The van der Waals surface area contributed by atoms with Crippen molar-refractivity contribution in [3.8, 4) is 5.75 Å². The van der Waals surface area contributed by atoms with Gasteiger partial charge in [0, 0.05) is 17.3 Å². The summed E-state index contributed by atoms with van der Waals surface area (Å²) in [5.41, 5.74) is 2.72. The quantitative estimate of drug-likeness (QED) is 0.600. The van der Waals surface area contributed by atoms with Gasteiger partial charge in [-0.3, -0.25) is 0 Å². The molecule has 0 radical (unpaired) electrons. The molecule has 0 unspecified atom stereocenters. The van der Waals surface area contributed by atoms with E-state index in [1.165, 1.54) is 18.4 Å². The van der Waals surface area contributed by atoms with Gasteiger partial charge in [0.1, 0.15) is 5.75 Å². The molecule has 0 aromatic heterocycles. The van der Waals surface area contributed by atoms with Gasteiger partial charge in [0.25, 0.3) is 0 Å². The maximum Gasteiger partial charge on any atom is 0.117 e. The highest BCUT2D eigenvalue weighted by atomic mass is 16.3. The van der Waals surface area contributed by atoms with Crippen LogP contribution >= 0.6 is 0 Å². The average Bonchev–Trinajstić information content (AvgIpc) is 2.56. The first kappa shape index (κ1) is 9.04. The van der Waals surface area contributed by atoms with Gasteiger partial charge in [-0.1, -0.05) is 6.07 Å². The van der Waals surface area contributed by atoms with Crippen LogP contribution in [0.25, 0.3) is 0 Å². The number of fused-ring (bicyclic) bond motifs is 1. The van der Waals surface area contributed by atoms with Crippen LogP contribution in [0.5, 0.6) is 5.75 Å². The third kappa shape index (κ3) is 1.47. The second-order valence-electron chi connectivity index (χ2n) is 4.67. The largest absolute Gasteiger partial charge is 0.508 e. The molecule has 3 nitrogen and oxygen atoms in total. The van der Waals surface area contributed by atoms with Crippen molar-refractivity contribution in [2.45, 2.75) is 24.8 Å². The summed E-state index contributed by atoms with van der Waals surface area (Å²) in [5.74, 6) is 0.354. The number of benzene rings is 1. The Morgan fingerprint density at radius 3 is 2.80 bits per heavy atom. The summed E-state index contributed by atoms with van der Waals surface area (Å²) in [6.07, 6.45) is 3.44. The average molecular weight is 204 g/mol. The van der Waals surface area contributed by atoms with E-state index in [9.17, 15) is 5.11 Å². The number of phenols is 1. The molecule has 15 heavy (non-hydrogen) atoms. The number of anilines is 1. The lowest BCUT2D eigenvalue weighted by Gasteiger charge is -2.34. The first-order valence-corrected chi connectivity index (χ1v) is 5.58. The zero-order valence-electron chi connectivity index (χ0n) is 8.71. The minimum Gasteiger partial charge on any atom is -0.508 e. The molecule has 3 N–H and O–H groups in total. The Hall–Kier alpha value is -1.22. The Balaban J connectivity index is 1.90. The molecule has 1 spiro atoms. The fraction of sp³-hybridized carbons (Fsp3) is 0.500. The molecule has 3 rings (SSSR count). The lowest BCUT2D eigenvalue weighted by atomic mass is 9.86. The lowest BCUT2D eigenvalue weighted by molar-refractivity contribution is 0.348. The van der Waals surface area contributed by atoms with E-state index in [2.05, 4.69) is 10.6 Å². The molecule has 1 aromatic rings. The Morgan fingerprint density at radius 1 is 1.20 bits per heavy atom. The first-order chi connectivity index (χ1) is 7.27. The topological polar surface area (TPSA) is 44.3 Å². The second-order valence-corrected chi connectivity index (χ2v) is 4.67. The molecule has 2 aliphatic rings. The van der Waals surface area contributed by atoms with E-state index in [-0.39, 0.29) is 5.54 Å². The summed E-state index contributed by atoms with van der Waals surface area (Å²) in [6, 6.07) is 5.65. The zero-order valence-corrected chi connectivity index (χ0v) is 8.71. The summed E-state index contributed by atoms with van der Waals surface area (Å²) >= 11 is 0. The highest BCUT2D eigenvalue weighted by Gasteiger charge is 2.37. The third-order valence-corrected chi connectivity index (χ3v) is 3.58. The maximum absolute atomic E-state index is 9.43. The molecule has 0 amide bonds. The standard InChI is InChI=1S/C12H16N2O/c15-10-2-1-9-8-12(14-11(9)7-10)3-5-13-6-4-12/h1-2,7,13-15H,3-6,8H2. The molecule has 1 fully saturated rings. The van der Waals surface area contributed by atoms with Crippen molar-refractivity contribution in [2.24, 2.45) is 0 Å². The molecule has 2 aliphatic heterocycles. The van der Waals surface area contributed by atoms with Crippen LogP contribution in [0.4, 0.5) is 5.69 Å². The van der Waals surface area contributed by atoms with E-state index in [4.69, 9.17) is 0 Å². The Bertz CT molecular complexity index is 383. The summed E-state index contributed by atoms with van der Waals surface area (Å²) in [5, 5.41) is 16.4. The van der Waals surface area contributed by atoms with E-state index in [1.54, 1.807) is 6.07 Å². The number of rotatable bonds is 0. The number of aromatic hydroxyl groups is 1. The summed E-state index contributed by atoms with van der Waals surface area (Å²) in [7, 11) is 0. The van der Waals surface area contributed by atoms with Crippen LogP contribution < -0.4 is 10.6 Å². The van der Waals surface area contributed by atoms with Crippen molar-refractivity contribution in [3.63, 3.8) is 0 Å². The normalized spacial score (nSPS) is 22.4. The number of piperidine rings is 1. The number of hydrogen-bond acceptors (Lipinski definition) is 3. The van der Waals surface area contributed by atoms with Crippen molar-refractivity contribution in [1.82, 2.24) is 5.32 Å². The maximum atomic E-state index is 9.43. The van der Waals surface area contributed by atoms with Crippen LogP contribution in [0, 0.1) is 0 Å². The van der Waals surface area contributed by atoms with E-state index in [0.717, 1.165) is 25.2 Å². The smallest absolute Gasteiger partial charge is 0.117 e. The van der Waals surface area contributed by atoms with Crippen LogP contribution in [-0.2, 0) is 6.42 Å². The fourth-order valence-corrected chi connectivity index (χ4v) is 2.74. The number of nitrogens with one attached hydrogen (secondary N) is 2. The summed E-state index contributed by atoms with van der Waals surface area (Å²) < 4.78 is 0. The van der Waals surface area contributed by atoms with Crippen molar-refractivity contribution in [1.29, 1.82) is 0 Å². The SMILES string of the molecule is Oc1ccc2c(c1)NC1(CCNCC1)C2. The molecule has 3 heteroatoms. The van der Waals surface area contributed by atoms with Gasteiger partial charge in [-0.25, -0.2) is 0 Å². The predicted octanol–water partition coefficient (Wildman–Crippen LogP) is 1.48. The number of hydrogen-bond donors (Lipinski definition) is 3. The van der Waals surface area contributed by atoms with Gasteiger partial charge in [-0.05, 0) is 44.0 Å². The second kappa shape index (κ2) is 3.14. The summed E-state index contributed by atoms with van der Waals surface area (Å²) in [4.78, 5) is 0. The van der Waals surface area contributed by atoms with Crippen LogP contribution in [0.2, 0.25) is 0 Å². The van der Waals surface area contributed by atoms with Crippen LogP contribution in [0.15, 0.2) is 18.2 Å². The van der Waals surface area contributed by atoms with Gasteiger partial charge in [-0.2, -0.15) is 0 Å². The van der Waals surface area contributed by atoms with Crippen LogP contribution in [0.1, 0.15) is 18.4 Å². The lowest BCUT2D eigenvalue weighted by Crippen LogP contribution is -2.46. The van der Waals surface area contributed by atoms with Gasteiger partial charge in [0.2, 0.25) is 0 Å². The zero-order chi connectivity index (χ0) is 10.3. The highest BCUT2D eigenvalue weighted by Crippen LogP contribution is 2.38. The molecule has 0 bridgehead atoms. The van der Waals surface area contributed by atoms with E-state index in [0.29, 0.717) is 5.75 Å². The van der Waals surface area contributed by atoms with Gasteiger partial charge in [0.05, 0.1) is 0 Å². The highest BCUT2D eigenvalue weighted by molar-refractivity contribution is 5.61. The van der Waals surface area contributed by atoms with Crippen LogP contribution in [-0.4, -0.2) is 23.7 Å². The Labute approximate surface area is 89.5 Å². The minimum absolute atomic E-state index is 0.251. The molecule has 2 heterocycles. The predicted molar refractivity (Wildman–Crippen MR) is 60.3 cm³/mol. The third-order valence-electron chi connectivity index (χ3n) is 3.58. The van der Waals surface area contributed by atoms with E-state index in [1.807, 2.05) is 12.1 Å². The van der Waals surface area contributed by atoms with Crippen LogP contribution in [0.3, 0.4) is 0 Å². The van der Waals surface area contributed by atoms with Gasteiger partial charge >= 0.3 is 0 Å². The van der Waals surface area contributed by atoms with Crippen molar-refractivity contribution in [3.05, 3.63) is 23.8 Å². The van der Waals surface area contributed by atoms with Crippen molar-refractivity contribution >= 4 is 5.69 Å². The minimum atomic E-state index is 0.251. The molecular formula is C12H16N2O. The molecular weight excluding hydrogens is 188 g/mol. The fourth-order valence-electron chi connectivity index (χ4n) is 2.74. The van der Waals surface area contributed by atoms with Crippen molar-refractivity contribution in [2.75, 3.05) is 18.4 Å². The number of phenolic OH excluding ortho intramolecular Hbond substituents is 1. The van der Waals surface area contributed by atoms with Gasteiger partial charge < -0.3 is 15.7 Å². The Kier molecular flexibility index (Phi) is 1.89. The van der Waals surface area contributed by atoms with Gasteiger partial charge in [0.15, 0.2) is 0 Å². The summed E-state index contributed by atoms with van der Waals surface area (Å²) in [6.45, 7) is 2.18. The van der Waals surface area contributed by atoms with Crippen molar-refractivity contribution < 1.29 is 5.11 Å². The molecule has 0 atom stereocenters. The molecule has 1 saturated heterocycles.